The minimum Gasteiger partial charge on any atom is -0.490 e. The molecule has 2 aromatic rings. The zero-order valence-electron chi connectivity index (χ0n) is 22.1. The summed E-state index contributed by atoms with van der Waals surface area (Å²) in [5.41, 5.74) is 8.22. The maximum absolute atomic E-state index is 13.3. The van der Waals surface area contributed by atoms with Crippen LogP contribution in [0, 0.1) is 17.4 Å². The molecule has 0 amide bonds. The SMILES string of the molecule is CCOc1cc(C2C3=C(CCCC3=O)N(C)C3=C2C(=O)CCC3)cc(I)c1OCc1cc(C)cc(C)c1. The van der Waals surface area contributed by atoms with E-state index in [1.807, 2.05) is 20.0 Å². The number of rotatable bonds is 6. The number of Topliss-reactive ketones (excluding diaryl/α,β-unsaturated/α-hetero) is 2. The van der Waals surface area contributed by atoms with Gasteiger partial charge in [0.15, 0.2) is 23.1 Å². The summed E-state index contributed by atoms with van der Waals surface area (Å²) in [6.45, 7) is 7.07. The van der Waals surface area contributed by atoms with E-state index >= 15 is 0 Å². The highest BCUT2D eigenvalue weighted by atomic mass is 127. The van der Waals surface area contributed by atoms with Crippen molar-refractivity contribution >= 4 is 34.2 Å². The van der Waals surface area contributed by atoms with Crippen LogP contribution in [0.1, 0.15) is 73.6 Å². The molecular weight excluding hydrogens is 577 g/mol. The van der Waals surface area contributed by atoms with Crippen molar-refractivity contribution < 1.29 is 19.1 Å². The molecule has 0 atom stereocenters. The minimum atomic E-state index is -0.344. The summed E-state index contributed by atoms with van der Waals surface area (Å²) in [7, 11) is 2.03. The number of nitrogens with zero attached hydrogens (tertiary/aromatic N) is 1. The van der Waals surface area contributed by atoms with E-state index in [0.717, 1.165) is 62.9 Å². The monoisotopic (exact) mass is 611 g/mol. The third-order valence-electron chi connectivity index (χ3n) is 7.57. The average molecular weight is 612 g/mol. The van der Waals surface area contributed by atoms with Crippen molar-refractivity contribution in [3.63, 3.8) is 0 Å². The van der Waals surface area contributed by atoms with Crippen LogP contribution in [0.25, 0.3) is 0 Å². The normalized spacial score (nSPS) is 18.2. The highest BCUT2D eigenvalue weighted by Crippen LogP contribution is 2.50. The van der Waals surface area contributed by atoms with Gasteiger partial charge in [-0.3, -0.25) is 9.59 Å². The first-order valence-corrected chi connectivity index (χ1v) is 14.3. The van der Waals surface area contributed by atoms with E-state index < -0.39 is 0 Å². The second-order valence-corrected chi connectivity index (χ2v) is 11.5. The van der Waals surface area contributed by atoms with E-state index in [2.05, 4.69) is 65.6 Å². The zero-order chi connectivity index (χ0) is 26.3. The first-order chi connectivity index (χ1) is 17.8. The molecule has 1 aliphatic heterocycles. The first-order valence-electron chi connectivity index (χ1n) is 13.2. The lowest BCUT2D eigenvalue weighted by atomic mass is 9.71. The molecule has 0 aromatic heterocycles. The second-order valence-electron chi connectivity index (χ2n) is 10.3. The molecule has 5 rings (SSSR count). The van der Waals surface area contributed by atoms with Gasteiger partial charge in [-0.25, -0.2) is 0 Å². The fraction of sp³-hybridized carbons (Fsp3) is 0.419. The molecule has 2 aliphatic carbocycles. The van der Waals surface area contributed by atoms with Crippen molar-refractivity contribution in [2.75, 3.05) is 13.7 Å². The molecule has 6 heteroatoms. The van der Waals surface area contributed by atoms with Gasteiger partial charge in [0, 0.05) is 48.3 Å². The van der Waals surface area contributed by atoms with Crippen LogP contribution in [0.4, 0.5) is 0 Å². The molecule has 0 bridgehead atoms. The van der Waals surface area contributed by atoms with E-state index in [1.54, 1.807) is 0 Å². The fourth-order valence-electron chi connectivity index (χ4n) is 6.15. The Kier molecular flexibility index (Phi) is 7.48. The number of ketones is 2. The van der Waals surface area contributed by atoms with E-state index in [-0.39, 0.29) is 17.5 Å². The number of carbonyl (C=O) groups excluding carboxylic acids is 2. The Bertz CT molecular complexity index is 1270. The first kappa shape index (κ1) is 26.0. The Morgan fingerprint density at radius 3 is 2.03 bits per heavy atom. The summed E-state index contributed by atoms with van der Waals surface area (Å²) >= 11 is 2.30. The molecule has 37 heavy (non-hydrogen) atoms. The molecule has 3 aliphatic rings. The van der Waals surface area contributed by atoms with Crippen LogP contribution in [0.15, 0.2) is 52.9 Å². The number of hydrogen-bond acceptors (Lipinski definition) is 5. The maximum atomic E-state index is 13.3. The van der Waals surface area contributed by atoms with Gasteiger partial charge >= 0.3 is 0 Å². The van der Waals surface area contributed by atoms with Crippen LogP contribution in [-0.4, -0.2) is 30.1 Å². The molecule has 5 nitrogen and oxygen atoms in total. The lowest BCUT2D eigenvalue weighted by Crippen LogP contribution is -2.37. The Hall–Kier alpha value is -2.61. The Labute approximate surface area is 233 Å². The molecule has 0 saturated heterocycles. The minimum absolute atomic E-state index is 0.158. The molecular formula is C31H34INO4. The molecule has 0 unspecified atom stereocenters. The summed E-state index contributed by atoms with van der Waals surface area (Å²) in [5, 5.41) is 0. The number of benzene rings is 2. The Balaban J connectivity index is 1.59. The van der Waals surface area contributed by atoms with Crippen molar-refractivity contribution in [1.82, 2.24) is 4.90 Å². The summed E-state index contributed by atoms with van der Waals surface area (Å²) in [6.07, 6.45) is 4.52. The molecule has 0 fully saturated rings. The summed E-state index contributed by atoms with van der Waals surface area (Å²) in [4.78, 5) is 28.8. The van der Waals surface area contributed by atoms with Crippen LogP contribution < -0.4 is 9.47 Å². The van der Waals surface area contributed by atoms with Gasteiger partial charge in [-0.2, -0.15) is 0 Å². The van der Waals surface area contributed by atoms with E-state index in [9.17, 15) is 9.59 Å². The number of allylic oxidation sites excluding steroid dienone is 4. The molecule has 0 saturated carbocycles. The van der Waals surface area contributed by atoms with Crippen LogP contribution in [-0.2, 0) is 16.2 Å². The highest BCUT2D eigenvalue weighted by Gasteiger charge is 2.42. The van der Waals surface area contributed by atoms with Crippen molar-refractivity contribution in [3.8, 4) is 11.5 Å². The van der Waals surface area contributed by atoms with Crippen LogP contribution in [0.5, 0.6) is 11.5 Å². The Morgan fingerprint density at radius 1 is 0.865 bits per heavy atom. The van der Waals surface area contributed by atoms with Crippen LogP contribution >= 0.6 is 22.6 Å². The number of carbonyl (C=O) groups is 2. The largest absolute Gasteiger partial charge is 0.490 e. The van der Waals surface area contributed by atoms with Crippen LogP contribution in [0.2, 0.25) is 0 Å². The van der Waals surface area contributed by atoms with Crippen molar-refractivity contribution in [2.24, 2.45) is 0 Å². The predicted octanol–water partition coefficient (Wildman–Crippen LogP) is 6.93. The molecule has 1 heterocycles. The van der Waals surface area contributed by atoms with Gasteiger partial charge in [0.25, 0.3) is 0 Å². The van der Waals surface area contributed by atoms with Gasteiger partial charge in [0.05, 0.1) is 10.2 Å². The van der Waals surface area contributed by atoms with E-state index in [0.29, 0.717) is 37.6 Å². The summed E-state index contributed by atoms with van der Waals surface area (Å²) in [5.74, 6) is 1.33. The van der Waals surface area contributed by atoms with E-state index in [1.165, 1.54) is 11.1 Å². The van der Waals surface area contributed by atoms with Gasteiger partial charge in [-0.05, 0) is 92.3 Å². The van der Waals surface area contributed by atoms with Gasteiger partial charge in [-0.1, -0.05) is 29.3 Å². The summed E-state index contributed by atoms with van der Waals surface area (Å²) < 4.78 is 13.3. The summed E-state index contributed by atoms with van der Waals surface area (Å²) in [6, 6.07) is 10.5. The second kappa shape index (κ2) is 10.6. The molecule has 0 radical (unpaired) electrons. The fourth-order valence-corrected chi connectivity index (χ4v) is 6.93. The van der Waals surface area contributed by atoms with E-state index in [4.69, 9.17) is 9.47 Å². The van der Waals surface area contributed by atoms with Crippen molar-refractivity contribution in [1.29, 1.82) is 0 Å². The predicted molar refractivity (Wildman–Crippen MR) is 153 cm³/mol. The standard InChI is InChI=1S/C31H34INO4/c1-5-36-27-16-21(15-22(32)31(27)37-17-20-13-18(2)12-19(3)14-20)28-29-23(8-6-10-25(29)34)33(4)24-9-7-11-26(35)30(24)28/h12-16,28H,5-11,17H2,1-4H3. The quantitative estimate of drug-likeness (QED) is 0.332. The third-order valence-corrected chi connectivity index (χ3v) is 8.38. The topological polar surface area (TPSA) is 55.8 Å². The lowest BCUT2D eigenvalue weighted by molar-refractivity contribution is -0.117. The van der Waals surface area contributed by atoms with Crippen LogP contribution in [0.3, 0.4) is 0 Å². The average Bonchev–Trinajstić information content (AvgIpc) is 2.84. The third kappa shape index (κ3) is 4.97. The van der Waals surface area contributed by atoms with Crippen molar-refractivity contribution in [3.05, 3.63) is 78.7 Å². The van der Waals surface area contributed by atoms with Gasteiger partial charge in [0.1, 0.15) is 6.61 Å². The van der Waals surface area contributed by atoms with Gasteiger partial charge in [-0.15, -0.1) is 0 Å². The number of halogens is 1. The molecule has 2 aromatic carbocycles. The van der Waals surface area contributed by atoms with Gasteiger partial charge in [0.2, 0.25) is 0 Å². The molecule has 0 spiro atoms. The smallest absolute Gasteiger partial charge is 0.174 e. The molecule has 0 N–H and O–H groups in total. The number of ether oxygens (including phenoxy) is 2. The maximum Gasteiger partial charge on any atom is 0.174 e. The van der Waals surface area contributed by atoms with Crippen molar-refractivity contribution in [2.45, 2.75) is 71.8 Å². The number of aryl methyl sites for hydroxylation is 2. The van der Waals surface area contributed by atoms with Gasteiger partial charge < -0.3 is 14.4 Å². The number of hydrogen-bond donors (Lipinski definition) is 0. The zero-order valence-corrected chi connectivity index (χ0v) is 24.2. The Morgan fingerprint density at radius 2 is 1.46 bits per heavy atom. The lowest BCUT2D eigenvalue weighted by Gasteiger charge is -2.42. The highest BCUT2D eigenvalue weighted by molar-refractivity contribution is 14.1. The molecule has 194 valence electrons.